The molecule has 0 bridgehead atoms. The molecule has 0 aromatic heterocycles. The molecule has 0 fully saturated rings. The Bertz CT molecular complexity index is 1600. The van der Waals surface area contributed by atoms with Crippen LogP contribution in [0.3, 0.4) is 0 Å². The molecule has 5 aromatic carbocycles. The van der Waals surface area contributed by atoms with Crippen molar-refractivity contribution in [2.75, 3.05) is 0 Å². The van der Waals surface area contributed by atoms with Crippen molar-refractivity contribution in [3.8, 4) is 28.7 Å². The first-order valence-electron chi connectivity index (χ1n) is 13.5. The molecule has 5 rings (SSSR count). The van der Waals surface area contributed by atoms with Crippen molar-refractivity contribution in [1.82, 2.24) is 0 Å². The number of para-hydroxylation sites is 5. The van der Waals surface area contributed by atoms with Crippen molar-refractivity contribution < 1.29 is 93.6 Å². The summed E-state index contributed by atoms with van der Waals surface area (Å²) in [5.41, 5.74) is -0.891. The van der Waals surface area contributed by atoms with E-state index >= 15 is 0 Å². The third kappa shape index (κ3) is 15.7. The van der Waals surface area contributed by atoms with Gasteiger partial charge < -0.3 is 51.1 Å². The van der Waals surface area contributed by atoms with E-state index in [1.54, 1.807) is 0 Å². The zero-order valence-electron chi connectivity index (χ0n) is 25.8. The molecule has 0 aliphatic rings. The Morgan fingerprint density at radius 3 is 0.490 bits per heavy atom. The Hall–Kier alpha value is -6.97. The Morgan fingerprint density at radius 1 is 0.294 bits per heavy atom. The van der Waals surface area contributed by atoms with Crippen molar-refractivity contribution in [3.63, 3.8) is 0 Å². The number of hydrogen-bond donors (Lipinski definition) is 5. The number of aromatic carboxylic acids is 5. The van der Waals surface area contributed by atoms with Gasteiger partial charge >= 0.3 is 29.8 Å². The van der Waals surface area contributed by atoms with Gasteiger partial charge in [0, 0.05) is 18.6 Å². The van der Waals surface area contributed by atoms with Crippen LogP contribution in [0.5, 0.6) is 28.7 Å². The smallest absolute Gasteiger partial charge is 0.335 e. The largest absolute Gasteiger partial charge is 0.872 e. The molecule has 265 valence electrons. The first-order valence-corrected chi connectivity index (χ1v) is 13.5. The minimum atomic E-state index is -1.18. The number of benzene rings is 5. The van der Waals surface area contributed by atoms with E-state index in [9.17, 15) is 49.5 Å². The predicted molar refractivity (Wildman–Crippen MR) is 164 cm³/mol. The molecule has 0 aliphatic heterocycles. The number of carbonyl (C=O) groups is 5. The van der Waals surface area contributed by atoms with Gasteiger partial charge in [-0.25, -0.2) is 24.0 Å². The number of carboxylic acid groups (broad SMARTS) is 5. The molecule has 0 amide bonds. The molecule has 0 saturated carbocycles. The van der Waals surface area contributed by atoms with Gasteiger partial charge in [-0.05, 0) is 30.3 Å². The van der Waals surface area contributed by atoms with Gasteiger partial charge in [-0.15, -0.1) is 0 Å². The third-order valence-corrected chi connectivity index (χ3v) is 5.59. The molecule has 0 heterocycles. The summed E-state index contributed by atoms with van der Waals surface area (Å²) in [6.07, 6.45) is 0. The van der Waals surface area contributed by atoms with E-state index in [4.69, 9.17) is 25.5 Å². The maximum absolute atomic E-state index is 10.7. The topological polar surface area (TPSA) is 302 Å². The predicted octanol–water partition coefficient (Wildman–Crippen LogP) is 2.29. The number of hydrogen-bond acceptors (Lipinski definition) is 10. The van der Waals surface area contributed by atoms with Crippen LogP contribution in [0.25, 0.3) is 0 Å². The SMILES string of the molecule is O=C(O)c1ccccc1[O-].O=C(O)c1ccccc1[O-].O=C(O)c1ccccc1[O-].O=C(O)c1ccccc1[O-].O=C(O)c1ccccc1[O-].[V]. The first-order chi connectivity index (χ1) is 23.6. The molecule has 0 saturated heterocycles. The molecule has 1 radical (unpaired) electrons. The molecule has 5 aromatic rings. The second-order valence-corrected chi connectivity index (χ2v) is 9.01. The van der Waals surface area contributed by atoms with Crippen LogP contribution in [0.15, 0.2) is 121 Å². The van der Waals surface area contributed by atoms with Crippen LogP contribution < -0.4 is 25.5 Å². The molecule has 0 spiro atoms. The number of rotatable bonds is 5. The fourth-order valence-corrected chi connectivity index (χ4v) is 3.22. The van der Waals surface area contributed by atoms with Crippen LogP contribution in [0.2, 0.25) is 0 Å². The van der Waals surface area contributed by atoms with E-state index in [0.717, 1.165) is 0 Å². The Morgan fingerprint density at radius 2 is 0.412 bits per heavy atom. The quantitative estimate of drug-likeness (QED) is 0.173. The van der Waals surface area contributed by atoms with E-state index in [1.807, 2.05) is 0 Å². The van der Waals surface area contributed by atoms with Gasteiger partial charge in [-0.3, -0.25) is 0 Å². The number of carboxylic acids is 5. The summed E-state index contributed by atoms with van der Waals surface area (Å²) in [7, 11) is 0. The first kappa shape index (κ1) is 44.0. The molecule has 15 nitrogen and oxygen atoms in total. The van der Waals surface area contributed by atoms with Crippen molar-refractivity contribution in [1.29, 1.82) is 0 Å². The molecule has 16 heteroatoms. The Labute approximate surface area is 300 Å². The van der Waals surface area contributed by atoms with Crippen molar-refractivity contribution in [2.45, 2.75) is 0 Å². The van der Waals surface area contributed by atoms with E-state index < -0.39 is 58.6 Å². The van der Waals surface area contributed by atoms with Gasteiger partial charge in [-0.2, -0.15) is 0 Å². The van der Waals surface area contributed by atoms with Crippen LogP contribution in [0, 0.1) is 0 Å². The zero-order valence-corrected chi connectivity index (χ0v) is 27.2. The maximum Gasteiger partial charge on any atom is 0.335 e. The van der Waals surface area contributed by atoms with Gasteiger partial charge in [-0.1, -0.05) is 120 Å². The molecule has 0 aliphatic carbocycles. The van der Waals surface area contributed by atoms with E-state index in [1.165, 1.54) is 121 Å². The van der Waals surface area contributed by atoms with E-state index in [-0.39, 0.29) is 46.4 Å². The average molecular weight is 737 g/mol. The normalized spacial score (nSPS) is 9.02. The van der Waals surface area contributed by atoms with E-state index in [0.29, 0.717) is 0 Å². The molecule has 5 N–H and O–H groups in total. The maximum atomic E-state index is 10.7. The van der Waals surface area contributed by atoms with Crippen LogP contribution in [-0.2, 0) is 18.6 Å². The molecule has 0 unspecified atom stereocenters. The Kier molecular flexibility index (Phi) is 19.5. The summed E-state index contributed by atoms with van der Waals surface area (Å²) in [4.78, 5) is 51.1. The zero-order chi connectivity index (χ0) is 37.8. The van der Waals surface area contributed by atoms with Crippen molar-refractivity contribution in [2.24, 2.45) is 0 Å². The molecule has 0 atom stereocenters. The van der Waals surface area contributed by atoms with Crippen molar-refractivity contribution >= 4 is 29.8 Å². The fourth-order valence-electron chi connectivity index (χ4n) is 3.22. The van der Waals surface area contributed by atoms with E-state index in [2.05, 4.69) is 0 Å². The second kappa shape index (κ2) is 22.6. The standard InChI is InChI=1S/5C7H6O3.V/c5*8-6-4-2-1-3-5(6)7(9)10;/h5*1-4,8H,(H,9,10);/p-5. The minimum Gasteiger partial charge on any atom is -0.872 e. The van der Waals surface area contributed by atoms with Crippen LogP contribution >= 0.6 is 0 Å². The molecular weight excluding hydrogens is 711 g/mol. The fraction of sp³-hybridized carbons (Fsp3) is 0. The second-order valence-electron chi connectivity index (χ2n) is 9.01. The van der Waals surface area contributed by atoms with Gasteiger partial charge in [0.2, 0.25) is 0 Å². The van der Waals surface area contributed by atoms with Crippen LogP contribution in [0.4, 0.5) is 0 Å². The average Bonchev–Trinajstić information content (AvgIpc) is 3.06. The summed E-state index contributed by atoms with van der Waals surface area (Å²) in [5, 5.41) is 95.2. The summed E-state index contributed by atoms with van der Waals surface area (Å²) < 4.78 is 0. The van der Waals surface area contributed by atoms with Gasteiger partial charge in [0.15, 0.2) is 0 Å². The molecular formula is C35H25O15V-5. The van der Waals surface area contributed by atoms with Crippen molar-refractivity contribution in [3.05, 3.63) is 149 Å². The third-order valence-electron chi connectivity index (χ3n) is 5.59. The summed E-state index contributed by atoms with van der Waals surface area (Å²) in [6.45, 7) is 0. The molecule has 51 heavy (non-hydrogen) atoms. The summed E-state index contributed by atoms with van der Waals surface area (Å²) in [6, 6.07) is 27.7. The van der Waals surface area contributed by atoms with Gasteiger partial charge in [0.1, 0.15) is 0 Å². The van der Waals surface area contributed by atoms with Gasteiger partial charge in [0.05, 0.1) is 27.8 Å². The minimum absolute atomic E-state index is 0. The van der Waals surface area contributed by atoms with Crippen LogP contribution in [0.1, 0.15) is 51.8 Å². The summed E-state index contributed by atoms with van der Waals surface area (Å²) >= 11 is 0. The van der Waals surface area contributed by atoms with Crippen LogP contribution in [-0.4, -0.2) is 55.4 Å². The van der Waals surface area contributed by atoms with Gasteiger partial charge in [0.25, 0.3) is 0 Å². The Balaban J connectivity index is 0.000000610. The summed E-state index contributed by atoms with van der Waals surface area (Å²) in [5.74, 6) is -8.12. The monoisotopic (exact) mass is 736 g/mol.